The van der Waals surface area contributed by atoms with Crippen LogP contribution in [0, 0.1) is 0 Å². The number of amides is 1. The minimum absolute atomic E-state index is 0.0696. The van der Waals surface area contributed by atoms with E-state index in [1.54, 1.807) is 12.1 Å². The lowest BCUT2D eigenvalue weighted by Crippen LogP contribution is -2.33. The van der Waals surface area contributed by atoms with Gasteiger partial charge in [0.05, 0.1) is 0 Å². The molecule has 1 heterocycles. The van der Waals surface area contributed by atoms with Crippen molar-refractivity contribution in [3.63, 3.8) is 0 Å². The molecule has 1 atom stereocenters. The summed E-state index contributed by atoms with van der Waals surface area (Å²) in [7, 11) is 0. The molecule has 4 nitrogen and oxygen atoms in total. The van der Waals surface area contributed by atoms with E-state index in [1.165, 1.54) is 5.56 Å². The summed E-state index contributed by atoms with van der Waals surface area (Å²) >= 11 is 5.63. The molecule has 0 bridgehead atoms. The van der Waals surface area contributed by atoms with Crippen LogP contribution in [0.3, 0.4) is 0 Å². The van der Waals surface area contributed by atoms with Crippen molar-refractivity contribution in [3.05, 3.63) is 58.9 Å². The first kappa shape index (κ1) is 14.5. The van der Waals surface area contributed by atoms with Crippen molar-refractivity contribution in [1.82, 2.24) is 15.5 Å². The predicted molar refractivity (Wildman–Crippen MR) is 78.7 cm³/mol. The number of hydrogen-bond donors (Lipinski definition) is 1. The van der Waals surface area contributed by atoms with E-state index in [9.17, 15) is 4.79 Å². The van der Waals surface area contributed by atoms with Crippen LogP contribution in [0.1, 0.15) is 29.4 Å². The van der Waals surface area contributed by atoms with Gasteiger partial charge in [-0.25, -0.2) is 0 Å². The molecular formula is C15H16ClN3O. The minimum atomic E-state index is -0.227. The highest BCUT2D eigenvalue weighted by Crippen LogP contribution is 2.06. The summed E-state index contributed by atoms with van der Waals surface area (Å²) in [6, 6.07) is 13.4. The molecule has 20 heavy (non-hydrogen) atoms. The molecule has 1 N–H and O–H groups in total. The largest absolute Gasteiger partial charge is 0.348 e. The predicted octanol–water partition coefficient (Wildman–Crippen LogP) is 2.88. The van der Waals surface area contributed by atoms with Crippen LogP contribution in [0.4, 0.5) is 0 Å². The number of hydrogen-bond acceptors (Lipinski definition) is 3. The molecular weight excluding hydrogens is 274 g/mol. The number of benzene rings is 1. The van der Waals surface area contributed by atoms with Crippen LogP contribution in [-0.4, -0.2) is 22.1 Å². The highest BCUT2D eigenvalue weighted by Gasteiger charge is 2.11. The Morgan fingerprint density at radius 3 is 2.60 bits per heavy atom. The maximum absolute atomic E-state index is 11.9. The van der Waals surface area contributed by atoms with Crippen molar-refractivity contribution in [2.24, 2.45) is 0 Å². The summed E-state index contributed by atoms with van der Waals surface area (Å²) in [5, 5.41) is 10.6. The molecule has 1 aromatic carbocycles. The molecule has 0 aliphatic heterocycles. The molecule has 1 amide bonds. The van der Waals surface area contributed by atoms with Gasteiger partial charge in [-0.3, -0.25) is 4.79 Å². The zero-order valence-corrected chi connectivity index (χ0v) is 12.0. The quantitative estimate of drug-likeness (QED) is 0.921. The van der Waals surface area contributed by atoms with Crippen molar-refractivity contribution < 1.29 is 4.79 Å². The van der Waals surface area contributed by atoms with E-state index in [0.717, 1.165) is 12.8 Å². The highest BCUT2D eigenvalue weighted by atomic mass is 35.5. The molecule has 1 unspecified atom stereocenters. The Kier molecular flexibility index (Phi) is 5.07. The van der Waals surface area contributed by atoms with Gasteiger partial charge >= 0.3 is 0 Å². The van der Waals surface area contributed by atoms with Crippen molar-refractivity contribution in [3.8, 4) is 0 Å². The van der Waals surface area contributed by atoms with E-state index in [-0.39, 0.29) is 22.8 Å². The molecule has 0 saturated carbocycles. The van der Waals surface area contributed by atoms with Crippen LogP contribution in [-0.2, 0) is 6.42 Å². The second-order valence-electron chi connectivity index (χ2n) is 4.64. The van der Waals surface area contributed by atoms with Gasteiger partial charge in [0.25, 0.3) is 5.91 Å². The van der Waals surface area contributed by atoms with Gasteiger partial charge in [-0.1, -0.05) is 41.9 Å². The number of carbonyl (C=O) groups excluding carboxylic acids is 1. The van der Waals surface area contributed by atoms with Crippen LogP contribution in [0.5, 0.6) is 0 Å². The average Bonchev–Trinajstić information content (AvgIpc) is 2.47. The minimum Gasteiger partial charge on any atom is -0.348 e. The lowest BCUT2D eigenvalue weighted by molar-refractivity contribution is 0.0932. The maximum atomic E-state index is 11.9. The molecule has 2 rings (SSSR count). The van der Waals surface area contributed by atoms with E-state index >= 15 is 0 Å². The fraction of sp³-hybridized carbons (Fsp3) is 0.267. The standard InChI is InChI=1S/C15H16ClN3O/c1-11(7-8-12-5-3-2-4-6-12)17-15(20)13-9-10-14(16)19-18-13/h2-6,9-11H,7-8H2,1H3,(H,17,20). The third-order valence-corrected chi connectivity index (χ3v) is 3.15. The number of aromatic nitrogens is 2. The maximum Gasteiger partial charge on any atom is 0.272 e. The van der Waals surface area contributed by atoms with Crippen molar-refractivity contribution in [2.45, 2.75) is 25.8 Å². The third-order valence-electron chi connectivity index (χ3n) is 2.95. The van der Waals surface area contributed by atoms with Crippen molar-refractivity contribution >= 4 is 17.5 Å². The van der Waals surface area contributed by atoms with E-state index in [4.69, 9.17) is 11.6 Å². The first-order valence-corrected chi connectivity index (χ1v) is 6.87. The average molecular weight is 290 g/mol. The SMILES string of the molecule is CC(CCc1ccccc1)NC(=O)c1ccc(Cl)nn1. The molecule has 2 aromatic rings. The summed E-state index contributed by atoms with van der Waals surface area (Å²) in [6.07, 6.45) is 1.80. The Balaban J connectivity index is 1.83. The van der Waals surface area contributed by atoms with Crippen LogP contribution < -0.4 is 5.32 Å². The summed E-state index contributed by atoms with van der Waals surface area (Å²) in [5.41, 5.74) is 1.54. The molecule has 0 spiro atoms. The number of nitrogens with one attached hydrogen (secondary N) is 1. The fourth-order valence-corrected chi connectivity index (χ4v) is 1.94. The van der Waals surface area contributed by atoms with Crippen LogP contribution in [0.15, 0.2) is 42.5 Å². The van der Waals surface area contributed by atoms with E-state index in [1.807, 2.05) is 25.1 Å². The molecule has 104 valence electrons. The van der Waals surface area contributed by atoms with Gasteiger partial charge < -0.3 is 5.32 Å². The first-order chi connectivity index (χ1) is 9.65. The topological polar surface area (TPSA) is 54.9 Å². The number of carbonyl (C=O) groups is 1. The molecule has 0 aliphatic rings. The molecule has 0 fully saturated rings. The van der Waals surface area contributed by atoms with Crippen molar-refractivity contribution in [1.29, 1.82) is 0 Å². The van der Waals surface area contributed by atoms with Gasteiger partial charge in [-0.15, -0.1) is 10.2 Å². The fourth-order valence-electron chi connectivity index (χ4n) is 1.83. The Morgan fingerprint density at radius 1 is 1.20 bits per heavy atom. The summed E-state index contributed by atoms with van der Waals surface area (Å²) < 4.78 is 0. The van der Waals surface area contributed by atoms with Gasteiger partial charge in [0.2, 0.25) is 0 Å². The Bertz CT molecular complexity index is 557. The Labute approximate surface area is 123 Å². The van der Waals surface area contributed by atoms with Crippen LogP contribution in [0.2, 0.25) is 5.15 Å². The van der Waals surface area contributed by atoms with E-state index in [2.05, 4.69) is 27.6 Å². The number of rotatable bonds is 5. The molecule has 0 radical (unpaired) electrons. The Morgan fingerprint density at radius 2 is 1.95 bits per heavy atom. The lowest BCUT2D eigenvalue weighted by Gasteiger charge is -2.13. The second-order valence-corrected chi connectivity index (χ2v) is 5.03. The number of halogens is 1. The van der Waals surface area contributed by atoms with Gasteiger partial charge in [-0.2, -0.15) is 0 Å². The third kappa shape index (κ3) is 4.31. The second kappa shape index (κ2) is 7.01. The summed E-state index contributed by atoms with van der Waals surface area (Å²) in [5.74, 6) is -0.227. The molecule has 0 saturated heterocycles. The Hall–Kier alpha value is -1.94. The zero-order chi connectivity index (χ0) is 14.4. The van der Waals surface area contributed by atoms with E-state index < -0.39 is 0 Å². The first-order valence-electron chi connectivity index (χ1n) is 6.49. The zero-order valence-electron chi connectivity index (χ0n) is 11.2. The molecule has 1 aromatic heterocycles. The van der Waals surface area contributed by atoms with Gasteiger partial charge in [0, 0.05) is 6.04 Å². The smallest absolute Gasteiger partial charge is 0.272 e. The lowest BCUT2D eigenvalue weighted by atomic mass is 10.1. The van der Waals surface area contributed by atoms with Gasteiger partial charge in [-0.05, 0) is 37.5 Å². The van der Waals surface area contributed by atoms with Crippen LogP contribution in [0.25, 0.3) is 0 Å². The van der Waals surface area contributed by atoms with E-state index in [0.29, 0.717) is 0 Å². The van der Waals surface area contributed by atoms with Crippen LogP contribution >= 0.6 is 11.6 Å². The monoisotopic (exact) mass is 289 g/mol. The van der Waals surface area contributed by atoms with Gasteiger partial charge in [0.1, 0.15) is 0 Å². The van der Waals surface area contributed by atoms with Gasteiger partial charge in [0.15, 0.2) is 10.8 Å². The number of nitrogens with zero attached hydrogens (tertiary/aromatic N) is 2. The molecule has 0 aliphatic carbocycles. The van der Waals surface area contributed by atoms with Crippen molar-refractivity contribution in [2.75, 3.05) is 0 Å². The molecule has 5 heteroatoms. The summed E-state index contributed by atoms with van der Waals surface area (Å²) in [6.45, 7) is 1.98. The number of aryl methyl sites for hydroxylation is 1. The summed E-state index contributed by atoms with van der Waals surface area (Å²) in [4.78, 5) is 11.9. The highest BCUT2D eigenvalue weighted by molar-refractivity contribution is 6.29. The normalized spacial score (nSPS) is 11.9.